The molecule has 0 amide bonds. The summed E-state index contributed by atoms with van der Waals surface area (Å²) >= 11 is 7.55. The van der Waals surface area contributed by atoms with Crippen molar-refractivity contribution in [3.63, 3.8) is 0 Å². The van der Waals surface area contributed by atoms with E-state index in [0.29, 0.717) is 10.9 Å². The number of aromatic nitrogens is 3. The second kappa shape index (κ2) is 5.51. The van der Waals surface area contributed by atoms with Gasteiger partial charge in [-0.05, 0) is 19.1 Å². The molecule has 0 aliphatic heterocycles. The average Bonchev–Trinajstić information content (AvgIpc) is 2.81. The van der Waals surface area contributed by atoms with Gasteiger partial charge in [0.25, 0.3) is 0 Å². The van der Waals surface area contributed by atoms with E-state index in [1.807, 2.05) is 19.9 Å². The molecule has 0 aliphatic rings. The standard InChI is InChI=1S/C11H12ClN3OS/c1-3-9-14-10(16-15-9)7(2)17-11-8(12)5-4-6-13-11/h4-7H,3H2,1-2H3. The van der Waals surface area contributed by atoms with Crippen LogP contribution in [0.4, 0.5) is 0 Å². The zero-order valence-electron chi connectivity index (χ0n) is 9.55. The SMILES string of the molecule is CCc1noc(C(C)Sc2ncccc2Cl)n1. The minimum absolute atomic E-state index is 0.0372. The Bertz CT molecular complexity index is 503. The van der Waals surface area contributed by atoms with Gasteiger partial charge in [-0.25, -0.2) is 4.98 Å². The Morgan fingerprint density at radius 2 is 2.35 bits per heavy atom. The van der Waals surface area contributed by atoms with Crippen molar-refractivity contribution in [1.82, 2.24) is 15.1 Å². The van der Waals surface area contributed by atoms with E-state index in [1.165, 1.54) is 11.8 Å². The van der Waals surface area contributed by atoms with Crippen LogP contribution >= 0.6 is 23.4 Å². The molecule has 0 fully saturated rings. The van der Waals surface area contributed by atoms with E-state index in [0.717, 1.165) is 17.3 Å². The van der Waals surface area contributed by atoms with Gasteiger partial charge in [0.15, 0.2) is 5.82 Å². The topological polar surface area (TPSA) is 51.8 Å². The lowest BCUT2D eigenvalue weighted by atomic mass is 10.4. The van der Waals surface area contributed by atoms with Gasteiger partial charge in [-0.3, -0.25) is 0 Å². The van der Waals surface area contributed by atoms with Crippen molar-refractivity contribution in [3.05, 3.63) is 35.1 Å². The highest BCUT2D eigenvalue weighted by Crippen LogP contribution is 2.36. The Morgan fingerprint density at radius 3 is 3.00 bits per heavy atom. The lowest BCUT2D eigenvalue weighted by Crippen LogP contribution is -1.91. The van der Waals surface area contributed by atoms with Gasteiger partial charge in [0.1, 0.15) is 5.03 Å². The molecule has 4 nitrogen and oxygen atoms in total. The van der Waals surface area contributed by atoms with Gasteiger partial charge in [0.2, 0.25) is 5.89 Å². The van der Waals surface area contributed by atoms with Gasteiger partial charge in [-0.15, -0.1) is 0 Å². The number of hydrogen-bond donors (Lipinski definition) is 0. The average molecular weight is 270 g/mol. The van der Waals surface area contributed by atoms with Crippen LogP contribution in [-0.2, 0) is 6.42 Å². The number of pyridine rings is 1. The number of nitrogens with zero attached hydrogens (tertiary/aromatic N) is 3. The molecule has 2 aromatic rings. The third kappa shape index (κ3) is 2.98. The Morgan fingerprint density at radius 1 is 1.53 bits per heavy atom. The molecule has 0 saturated heterocycles. The van der Waals surface area contributed by atoms with Crippen LogP contribution < -0.4 is 0 Å². The summed E-state index contributed by atoms with van der Waals surface area (Å²) in [5, 5.41) is 5.32. The van der Waals surface area contributed by atoms with Crippen LogP contribution in [0.15, 0.2) is 27.9 Å². The zero-order chi connectivity index (χ0) is 12.3. The molecule has 0 N–H and O–H groups in total. The molecule has 2 aromatic heterocycles. The molecule has 0 aliphatic carbocycles. The van der Waals surface area contributed by atoms with Gasteiger partial charge >= 0.3 is 0 Å². The lowest BCUT2D eigenvalue weighted by Gasteiger charge is -2.06. The molecular formula is C11H12ClN3OS. The van der Waals surface area contributed by atoms with Gasteiger partial charge in [0, 0.05) is 12.6 Å². The first kappa shape index (κ1) is 12.4. The largest absolute Gasteiger partial charge is 0.338 e. The highest BCUT2D eigenvalue weighted by Gasteiger charge is 2.16. The van der Waals surface area contributed by atoms with Crippen LogP contribution in [0.25, 0.3) is 0 Å². The first-order valence-corrected chi connectivity index (χ1v) is 6.56. The second-order valence-corrected chi connectivity index (χ2v) is 5.19. The van der Waals surface area contributed by atoms with E-state index < -0.39 is 0 Å². The van der Waals surface area contributed by atoms with E-state index >= 15 is 0 Å². The first-order valence-electron chi connectivity index (χ1n) is 5.30. The molecule has 0 spiro atoms. The van der Waals surface area contributed by atoms with Crippen LogP contribution in [0.1, 0.15) is 30.8 Å². The minimum atomic E-state index is 0.0372. The number of aryl methyl sites for hydroxylation is 1. The number of rotatable bonds is 4. The predicted molar refractivity (Wildman–Crippen MR) is 67.2 cm³/mol. The van der Waals surface area contributed by atoms with E-state index in [9.17, 15) is 0 Å². The quantitative estimate of drug-likeness (QED) is 0.795. The van der Waals surface area contributed by atoms with Crippen LogP contribution in [0, 0.1) is 0 Å². The van der Waals surface area contributed by atoms with Crippen molar-refractivity contribution < 1.29 is 4.52 Å². The second-order valence-electron chi connectivity index (χ2n) is 3.45. The van der Waals surface area contributed by atoms with Crippen molar-refractivity contribution in [2.45, 2.75) is 30.5 Å². The molecule has 0 saturated carbocycles. The molecule has 0 aromatic carbocycles. The summed E-state index contributed by atoms with van der Waals surface area (Å²) in [4.78, 5) is 8.50. The fourth-order valence-electron chi connectivity index (χ4n) is 1.25. The normalized spacial score (nSPS) is 12.6. The van der Waals surface area contributed by atoms with E-state index in [-0.39, 0.29) is 5.25 Å². The smallest absolute Gasteiger partial charge is 0.239 e. The number of hydrogen-bond acceptors (Lipinski definition) is 5. The summed E-state index contributed by atoms with van der Waals surface area (Å²) in [5.41, 5.74) is 0. The van der Waals surface area contributed by atoms with Crippen LogP contribution in [0.2, 0.25) is 5.02 Å². The summed E-state index contributed by atoms with van der Waals surface area (Å²) in [7, 11) is 0. The molecule has 1 atom stereocenters. The fraction of sp³-hybridized carbons (Fsp3) is 0.364. The maximum atomic E-state index is 6.04. The molecule has 6 heteroatoms. The molecule has 0 radical (unpaired) electrons. The Labute approximate surface area is 109 Å². The highest BCUT2D eigenvalue weighted by molar-refractivity contribution is 7.99. The van der Waals surface area contributed by atoms with Crippen LogP contribution in [0.3, 0.4) is 0 Å². The zero-order valence-corrected chi connectivity index (χ0v) is 11.1. The van der Waals surface area contributed by atoms with Gasteiger partial charge < -0.3 is 4.52 Å². The molecule has 0 bridgehead atoms. The third-order valence-corrected chi connectivity index (χ3v) is 3.68. The highest BCUT2D eigenvalue weighted by atomic mass is 35.5. The van der Waals surface area contributed by atoms with Crippen molar-refractivity contribution in [2.75, 3.05) is 0 Å². The Hall–Kier alpha value is -1.07. The summed E-state index contributed by atoms with van der Waals surface area (Å²) < 4.78 is 5.18. The monoisotopic (exact) mass is 269 g/mol. The van der Waals surface area contributed by atoms with Crippen molar-refractivity contribution in [2.24, 2.45) is 0 Å². The maximum absolute atomic E-state index is 6.04. The first-order chi connectivity index (χ1) is 8.20. The molecule has 1 unspecified atom stereocenters. The summed E-state index contributed by atoms with van der Waals surface area (Å²) in [6.07, 6.45) is 2.48. The van der Waals surface area contributed by atoms with Crippen molar-refractivity contribution >= 4 is 23.4 Å². The Kier molecular flexibility index (Phi) is 4.02. The van der Waals surface area contributed by atoms with E-state index in [2.05, 4.69) is 15.1 Å². The summed E-state index contributed by atoms with van der Waals surface area (Å²) in [6.45, 7) is 3.98. The molecule has 17 heavy (non-hydrogen) atoms. The molecule has 2 rings (SSSR count). The third-order valence-electron chi connectivity index (χ3n) is 2.16. The molecule has 2 heterocycles. The van der Waals surface area contributed by atoms with Gasteiger partial charge in [0.05, 0.1) is 10.3 Å². The van der Waals surface area contributed by atoms with E-state index in [1.54, 1.807) is 12.3 Å². The maximum Gasteiger partial charge on any atom is 0.239 e. The number of halogens is 1. The van der Waals surface area contributed by atoms with Gasteiger partial charge in [-0.1, -0.05) is 35.4 Å². The molecular weight excluding hydrogens is 258 g/mol. The Balaban J connectivity index is 2.11. The summed E-state index contributed by atoms with van der Waals surface area (Å²) in [6, 6.07) is 3.62. The summed E-state index contributed by atoms with van der Waals surface area (Å²) in [5.74, 6) is 1.33. The number of thioether (sulfide) groups is 1. The van der Waals surface area contributed by atoms with Crippen molar-refractivity contribution in [1.29, 1.82) is 0 Å². The van der Waals surface area contributed by atoms with Crippen LogP contribution in [-0.4, -0.2) is 15.1 Å². The fourth-order valence-corrected chi connectivity index (χ4v) is 2.34. The minimum Gasteiger partial charge on any atom is -0.338 e. The predicted octanol–water partition coefficient (Wildman–Crippen LogP) is 3.53. The van der Waals surface area contributed by atoms with Gasteiger partial charge in [-0.2, -0.15) is 4.98 Å². The molecule has 90 valence electrons. The lowest BCUT2D eigenvalue weighted by molar-refractivity contribution is 0.375. The van der Waals surface area contributed by atoms with E-state index in [4.69, 9.17) is 16.1 Å². The van der Waals surface area contributed by atoms with Crippen LogP contribution in [0.5, 0.6) is 0 Å². The van der Waals surface area contributed by atoms with Crippen molar-refractivity contribution in [3.8, 4) is 0 Å².